The van der Waals surface area contributed by atoms with Gasteiger partial charge in [-0.3, -0.25) is 18.2 Å². The maximum atomic E-state index is 8.74. The van der Waals surface area contributed by atoms with E-state index in [0.717, 1.165) is 0 Å². The van der Waals surface area contributed by atoms with E-state index in [1.165, 1.54) is 0 Å². The van der Waals surface area contributed by atoms with Crippen LogP contribution in [0, 0.1) is 0 Å². The Hall–Kier alpha value is 3.54. The van der Waals surface area contributed by atoms with E-state index in [4.69, 9.17) is 54.2 Å². The van der Waals surface area contributed by atoms with E-state index in [0.29, 0.717) is 0 Å². The van der Waals surface area contributed by atoms with Crippen molar-refractivity contribution < 1.29 is 68.3 Å². The van der Waals surface area contributed by atoms with E-state index in [2.05, 4.69) is 0 Å². The molecule has 19 heavy (non-hydrogen) atoms. The van der Waals surface area contributed by atoms with Crippen molar-refractivity contribution in [1.29, 1.82) is 0 Å². The molecular formula is H16Ca3O13S2Si. The molecule has 0 aromatic rings. The minimum atomic E-state index is -4.67. The van der Waals surface area contributed by atoms with E-state index in [-0.39, 0.29) is 127 Å². The Labute approximate surface area is 207 Å². The molecule has 0 bridgehead atoms. The normalized spacial score (nSPS) is 9.26. The molecule has 13 nitrogen and oxygen atoms in total. The molecule has 116 valence electrons. The smallest absolute Gasteiger partial charge is 1.00 e. The summed E-state index contributed by atoms with van der Waals surface area (Å²) >= 11 is 0. The monoisotopic (exact) mass is 436 g/mol. The van der Waals surface area contributed by atoms with E-state index in [1.807, 2.05) is 0 Å². The molecule has 0 heterocycles. The SMILES string of the molecule is O.O=S(=O)(O)O.O=S(=O)(O)O.O[Si](O)(O)O.[Ca+2].[Ca+2].[Ca+2].[H-].[H-].[H-].[H-].[H-].[H-]. The Bertz CT molecular complexity index is 304. The minimum Gasteiger partial charge on any atom is -1.00 e. The van der Waals surface area contributed by atoms with Crippen LogP contribution < -0.4 is 0 Å². The van der Waals surface area contributed by atoms with Crippen LogP contribution >= 0.6 is 0 Å². The molecule has 0 amide bonds. The van der Waals surface area contributed by atoms with Crippen LogP contribution in [0.25, 0.3) is 0 Å². The van der Waals surface area contributed by atoms with Crippen molar-refractivity contribution >= 4 is 143 Å². The predicted molar refractivity (Wildman–Crippen MR) is 70.5 cm³/mol. The van der Waals surface area contributed by atoms with Gasteiger partial charge in [0.05, 0.1) is 0 Å². The van der Waals surface area contributed by atoms with Crippen molar-refractivity contribution in [3.05, 3.63) is 0 Å². The van der Waals surface area contributed by atoms with Crippen molar-refractivity contribution in [2.75, 3.05) is 0 Å². The fourth-order valence-corrected chi connectivity index (χ4v) is 0. The van der Waals surface area contributed by atoms with E-state index in [1.54, 1.807) is 0 Å². The summed E-state index contributed by atoms with van der Waals surface area (Å²) in [6.07, 6.45) is 0. The van der Waals surface area contributed by atoms with Crippen molar-refractivity contribution in [2.45, 2.75) is 0 Å². The standard InChI is InChI=1S/3Ca.2H2O4S.H4O4Si.H2O.6H/c;;;3*1-5(2,3)4;;;;;;;/h;;;2*(H2,1,2,3,4);1-4H;1H2;;;;;;/q3*+2;;;;;6*-1. The van der Waals surface area contributed by atoms with Crippen LogP contribution in [0.5, 0.6) is 0 Å². The van der Waals surface area contributed by atoms with E-state index >= 15 is 0 Å². The summed E-state index contributed by atoms with van der Waals surface area (Å²) in [5.74, 6) is 0. The van der Waals surface area contributed by atoms with Gasteiger partial charge in [0, 0.05) is 0 Å². The van der Waals surface area contributed by atoms with Gasteiger partial charge in [-0.1, -0.05) is 0 Å². The Morgan fingerprint density at radius 3 is 0.632 bits per heavy atom. The second-order valence-electron chi connectivity index (χ2n) is 1.50. The molecule has 19 heteroatoms. The van der Waals surface area contributed by atoms with Gasteiger partial charge in [0.15, 0.2) is 0 Å². The van der Waals surface area contributed by atoms with Crippen LogP contribution in [-0.4, -0.2) is 182 Å². The summed E-state index contributed by atoms with van der Waals surface area (Å²) < 4.78 is 63.2. The average molecular weight is 437 g/mol. The first-order chi connectivity index (χ1) is 6.00. The number of hydrogen-bond donors (Lipinski definition) is 8. The molecule has 0 radical (unpaired) electrons. The minimum absolute atomic E-state index is 0. The van der Waals surface area contributed by atoms with Crippen molar-refractivity contribution in [2.24, 2.45) is 0 Å². The van der Waals surface area contributed by atoms with Crippen LogP contribution in [0.4, 0.5) is 0 Å². The second-order valence-corrected chi connectivity index (χ2v) is 4.49. The van der Waals surface area contributed by atoms with Gasteiger partial charge in [-0.2, -0.15) is 16.8 Å². The molecule has 0 saturated carbocycles. The van der Waals surface area contributed by atoms with Crippen molar-refractivity contribution in [3.63, 3.8) is 0 Å². The number of hydrogen-bond acceptors (Lipinski definition) is 8. The first-order valence-electron chi connectivity index (χ1n) is 2.29. The quantitative estimate of drug-likeness (QED) is 0.131. The summed E-state index contributed by atoms with van der Waals surface area (Å²) in [7, 11) is -13.9. The summed E-state index contributed by atoms with van der Waals surface area (Å²) in [5, 5.41) is 0. The Balaban J connectivity index is -0.00000000655. The topological polar surface area (TPSA) is 262 Å². The fraction of sp³-hybridized carbons (Fsp3) is 0. The van der Waals surface area contributed by atoms with Gasteiger partial charge in [-0.25, -0.2) is 0 Å². The van der Waals surface area contributed by atoms with Crippen molar-refractivity contribution in [1.82, 2.24) is 0 Å². The largest absolute Gasteiger partial charge is 2.00 e. The maximum Gasteiger partial charge on any atom is 2.00 e. The van der Waals surface area contributed by atoms with Crippen LogP contribution in [0.3, 0.4) is 0 Å². The third-order valence-electron chi connectivity index (χ3n) is 0. The van der Waals surface area contributed by atoms with Gasteiger partial charge in [-0.15, -0.1) is 0 Å². The average Bonchev–Trinajstić information content (AvgIpc) is 1.41. The van der Waals surface area contributed by atoms with E-state index in [9.17, 15) is 0 Å². The molecular weight excluding hydrogens is 420 g/mol. The molecule has 0 saturated heterocycles. The molecule has 0 aliphatic carbocycles. The van der Waals surface area contributed by atoms with Crippen molar-refractivity contribution in [3.8, 4) is 0 Å². The molecule has 0 aliphatic heterocycles. The van der Waals surface area contributed by atoms with Crippen LogP contribution in [0.15, 0.2) is 0 Å². The molecule has 0 aliphatic rings. The van der Waals surface area contributed by atoms with Gasteiger partial charge >= 0.3 is 143 Å². The zero-order chi connectivity index (χ0) is 13.5. The Morgan fingerprint density at radius 2 is 0.632 bits per heavy atom. The molecule has 0 rings (SSSR count). The summed E-state index contributed by atoms with van der Waals surface area (Å²) in [5.41, 5.74) is 0. The summed E-state index contributed by atoms with van der Waals surface area (Å²) in [6, 6.07) is 0. The second kappa shape index (κ2) is 19.6. The molecule has 0 fully saturated rings. The van der Waals surface area contributed by atoms with Crippen LogP contribution in [0.2, 0.25) is 0 Å². The van der Waals surface area contributed by atoms with Crippen LogP contribution in [0.1, 0.15) is 8.56 Å². The van der Waals surface area contributed by atoms with Gasteiger partial charge in [0.1, 0.15) is 0 Å². The summed E-state index contributed by atoms with van der Waals surface area (Å²) in [4.78, 5) is 29.3. The molecule has 0 aromatic heterocycles. The van der Waals surface area contributed by atoms with Gasteiger partial charge < -0.3 is 33.2 Å². The Morgan fingerprint density at radius 1 is 0.632 bits per heavy atom. The van der Waals surface area contributed by atoms with Gasteiger partial charge in [0.25, 0.3) is 0 Å². The molecule has 0 spiro atoms. The zero-order valence-corrected chi connectivity index (χ0v) is 18.4. The fourth-order valence-electron chi connectivity index (χ4n) is 0. The molecule has 0 atom stereocenters. The zero-order valence-electron chi connectivity index (χ0n) is 15.1. The number of rotatable bonds is 0. The first-order valence-corrected chi connectivity index (χ1v) is 6.87. The summed E-state index contributed by atoms with van der Waals surface area (Å²) in [6.45, 7) is 0. The molecule has 10 N–H and O–H groups in total. The van der Waals surface area contributed by atoms with Gasteiger partial charge in [0.2, 0.25) is 0 Å². The predicted octanol–water partition coefficient (Wildman–Crippen LogP) is -5.21. The molecule has 0 aromatic carbocycles. The van der Waals surface area contributed by atoms with E-state index < -0.39 is 29.8 Å². The Kier molecular flexibility index (Phi) is 44.6. The third-order valence-corrected chi connectivity index (χ3v) is 0. The molecule has 0 unspecified atom stereocenters. The first kappa shape index (κ1) is 43.3. The maximum absolute atomic E-state index is 8.74. The van der Waals surface area contributed by atoms with Gasteiger partial charge in [-0.05, 0) is 0 Å². The third kappa shape index (κ3) is 657. The van der Waals surface area contributed by atoms with Crippen LogP contribution in [-0.2, 0) is 20.8 Å².